The molecule has 0 bridgehead atoms. The van der Waals surface area contributed by atoms with Crippen LogP contribution in [-0.4, -0.2) is 15.5 Å². The highest BCUT2D eigenvalue weighted by molar-refractivity contribution is 7.17. The zero-order chi connectivity index (χ0) is 19.7. The quantitative estimate of drug-likeness (QED) is 0.565. The fourth-order valence-electron chi connectivity index (χ4n) is 2.90. The van der Waals surface area contributed by atoms with E-state index in [0.717, 1.165) is 11.1 Å². The molecule has 0 aliphatic carbocycles. The molecule has 0 radical (unpaired) electrons. The summed E-state index contributed by atoms with van der Waals surface area (Å²) in [4.78, 5) is 29.4. The van der Waals surface area contributed by atoms with E-state index in [-0.39, 0.29) is 12.1 Å². The number of nitrogens with zero attached hydrogens (tertiary/aromatic N) is 2. The van der Waals surface area contributed by atoms with Crippen molar-refractivity contribution in [2.75, 3.05) is 5.32 Å². The summed E-state index contributed by atoms with van der Waals surface area (Å²) in [6.07, 6.45) is 1.37. The largest absolute Gasteiger partial charge is 0.324 e. The Hall–Kier alpha value is -3.32. The number of carbonyl (C=O) groups excluding carboxylic acids is 1. The van der Waals surface area contributed by atoms with Crippen LogP contribution < -0.4 is 10.9 Å². The molecule has 1 N–H and O–H groups in total. The Balaban J connectivity index is 1.59. The third-order valence-electron chi connectivity index (χ3n) is 4.40. The second kappa shape index (κ2) is 7.36. The van der Waals surface area contributed by atoms with Crippen molar-refractivity contribution in [2.45, 2.75) is 13.5 Å². The van der Waals surface area contributed by atoms with Crippen molar-refractivity contribution in [3.8, 4) is 11.1 Å². The van der Waals surface area contributed by atoms with E-state index >= 15 is 0 Å². The number of amides is 1. The first kappa shape index (κ1) is 18.1. The molecule has 4 aromatic rings. The van der Waals surface area contributed by atoms with Crippen LogP contribution in [0, 0.1) is 12.7 Å². The molecule has 0 aliphatic rings. The van der Waals surface area contributed by atoms with E-state index in [1.807, 2.05) is 35.7 Å². The summed E-state index contributed by atoms with van der Waals surface area (Å²) >= 11 is 1.31. The number of halogens is 1. The Labute approximate surface area is 164 Å². The van der Waals surface area contributed by atoms with Crippen molar-refractivity contribution in [1.29, 1.82) is 0 Å². The zero-order valence-corrected chi connectivity index (χ0v) is 15.8. The average molecular weight is 393 g/mol. The summed E-state index contributed by atoms with van der Waals surface area (Å²) in [5, 5.41) is 4.50. The van der Waals surface area contributed by atoms with Gasteiger partial charge in [0.2, 0.25) is 5.91 Å². The number of aromatic nitrogens is 2. The van der Waals surface area contributed by atoms with Crippen molar-refractivity contribution in [3.05, 3.63) is 82.0 Å². The molecule has 4 rings (SSSR count). The molecule has 0 fully saturated rings. The van der Waals surface area contributed by atoms with Crippen LogP contribution in [0.15, 0.2) is 65.0 Å². The van der Waals surface area contributed by atoms with Crippen molar-refractivity contribution in [2.24, 2.45) is 0 Å². The molecule has 0 spiro atoms. The van der Waals surface area contributed by atoms with Gasteiger partial charge in [-0.3, -0.25) is 14.2 Å². The smallest absolute Gasteiger partial charge is 0.271 e. The number of aryl methyl sites for hydroxylation is 1. The molecular weight excluding hydrogens is 377 g/mol. The summed E-state index contributed by atoms with van der Waals surface area (Å²) in [6, 6.07) is 14.2. The minimum Gasteiger partial charge on any atom is -0.324 e. The molecule has 140 valence electrons. The number of anilines is 1. The van der Waals surface area contributed by atoms with Crippen LogP contribution in [0.1, 0.15) is 5.56 Å². The first-order valence-electron chi connectivity index (χ1n) is 8.61. The van der Waals surface area contributed by atoms with Gasteiger partial charge in [0.15, 0.2) is 0 Å². The predicted molar refractivity (Wildman–Crippen MR) is 109 cm³/mol. The SMILES string of the molecule is Cc1ccc(NC(=O)Cn2cnc3c(-c4ccccc4)csc3c2=O)cc1F. The van der Waals surface area contributed by atoms with Crippen LogP contribution in [-0.2, 0) is 11.3 Å². The van der Waals surface area contributed by atoms with Gasteiger partial charge >= 0.3 is 0 Å². The molecule has 2 aromatic heterocycles. The number of fused-ring (bicyclic) bond motifs is 1. The molecule has 7 heteroatoms. The first-order chi connectivity index (χ1) is 13.5. The minimum absolute atomic E-state index is 0.199. The highest BCUT2D eigenvalue weighted by Crippen LogP contribution is 2.30. The zero-order valence-electron chi connectivity index (χ0n) is 15.0. The molecule has 1 amide bonds. The van der Waals surface area contributed by atoms with E-state index in [2.05, 4.69) is 10.3 Å². The Morgan fingerprint density at radius 3 is 2.75 bits per heavy atom. The Bertz CT molecular complexity index is 1230. The van der Waals surface area contributed by atoms with E-state index in [1.165, 1.54) is 28.3 Å². The van der Waals surface area contributed by atoms with Crippen LogP contribution in [0.3, 0.4) is 0 Å². The topological polar surface area (TPSA) is 64.0 Å². The molecule has 2 heterocycles. The molecule has 0 unspecified atom stereocenters. The number of benzene rings is 2. The molecule has 5 nitrogen and oxygen atoms in total. The van der Waals surface area contributed by atoms with Gasteiger partial charge in [-0.1, -0.05) is 36.4 Å². The number of hydrogen-bond acceptors (Lipinski definition) is 4. The molecule has 0 atom stereocenters. The van der Waals surface area contributed by atoms with Gasteiger partial charge in [-0.05, 0) is 30.2 Å². The summed E-state index contributed by atoms with van der Waals surface area (Å²) in [5.41, 5.74) is 3.07. The van der Waals surface area contributed by atoms with E-state index in [1.54, 1.807) is 19.1 Å². The number of thiophene rings is 1. The lowest BCUT2D eigenvalue weighted by molar-refractivity contribution is -0.116. The molecular formula is C21H16FN3O2S. The van der Waals surface area contributed by atoms with Gasteiger partial charge in [0.25, 0.3) is 5.56 Å². The maximum atomic E-state index is 13.6. The van der Waals surface area contributed by atoms with E-state index in [9.17, 15) is 14.0 Å². The fourth-order valence-corrected chi connectivity index (χ4v) is 3.88. The van der Waals surface area contributed by atoms with Crippen molar-refractivity contribution in [1.82, 2.24) is 9.55 Å². The molecule has 28 heavy (non-hydrogen) atoms. The van der Waals surface area contributed by atoms with Crippen molar-refractivity contribution in [3.63, 3.8) is 0 Å². The van der Waals surface area contributed by atoms with E-state index in [0.29, 0.717) is 21.5 Å². The van der Waals surface area contributed by atoms with Gasteiger partial charge in [0, 0.05) is 16.6 Å². The standard InChI is InChI=1S/C21H16FN3O2S/c1-13-7-8-15(9-17(13)22)24-18(26)10-25-12-23-19-16(11-28-20(19)21(25)27)14-5-3-2-4-6-14/h2-9,11-12H,10H2,1H3,(H,24,26). The number of nitrogens with one attached hydrogen (secondary N) is 1. The number of hydrogen-bond donors (Lipinski definition) is 1. The van der Waals surface area contributed by atoms with Gasteiger partial charge in [0.1, 0.15) is 17.1 Å². The van der Waals surface area contributed by atoms with Crippen LogP contribution in [0.5, 0.6) is 0 Å². The molecule has 0 saturated heterocycles. The van der Waals surface area contributed by atoms with Gasteiger partial charge in [-0.2, -0.15) is 0 Å². The molecule has 0 aliphatic heterocycles. The molecule has 2 aromatic carbocycles. The third kappa shape index (κ3) is 3.44. The van der Waals surface area contributed by atoms with Gasteiger partial charge < -0.3 is 5.32 Å². The van der Waals surface area contributed by atoms with Crippen LogP contribution >= 0.6 is 11.3 Å². The average Bonchev–Trinajstić information content (AvgIpc) is 3.12. The first-order valence-corrected chi connectivity index (χ1v) is 9.49. The highest BCUT2D eigenvalue weighted by atomic mass is 32.1. The third-order valence-corrected chi connectivity index (χ3v) is 5.36. The molecule has 0 saturated carbocycles. The normalized spacial score (nSPS) is 10.9. The summed E-state index contributed by atoms with van der Waals surface area (Å²) in [5.74, 6) is -0.823. The predicted octanol–water partition coefficient (Wildman–Crippen LogP) is 4.21. The van der Waals surface area contributed by atoms with E-state index < -0.39 is 11.7 Å². The summed E-state index contributed by atoms with van der Waals surface area (Å²) in [6.45, 7) is 1.45. The van der Waals surface area contributed by atoms with Crippen molar-refractivity contribution < 1.29 is 9.18 Å². The lowest BCUT2D eigenvalue weighted by atomic mass is 10.1. The van der Waals surface area contributed by atoms with E-state index in [4.69, 9.17) is 0 Å². The van der Waals surface area contributed by atoms with Gasteiger partial charge in [0.05, 0.1) is 11.8 Å². The Kier molecular flexibility index (Phi) is 4.75. The second-order valence-electron chi connectivity index (χ2n) is 6.38. The lowest BCUT2D eigenvalue weighted by Gasteiger charge is -2.08. The minimum atomic E-state index is -0.425. The van der Waals surface area contributed by atoms with Crippen LogP contribution in [0.25, 0.3) is 21.3 Å². The van der Waals surface area contributed by atoms with Crippen molar-refractivity contribution >= 4 is 33.1 Å². The van der Waals surface area contributed by atoms with Gasteiger partial charge in [-0.15, -0.1) is 11.3 Å². The highest BCUT2D eigenvalue weighted by Gasteiger charge is 2.14. The second-order valence-corrected chi connectivity index (χ2v) is 7.26. The fraction of sp³-hybridized carbons (Fsp3) is 0.0952. The summed E-state index contributed by atoms with van der Waals surface area (Å²) in [7, 11) is 0. The Morgan fingerprint density at radius 1 is 1.21 bits per heavy atom. The van der Waals surface area contributed by atoms with Gasteiger partial charge in [-0.25, -0.2) is 9.37 Å². The maximum Gasteiger partial charge on any atom is 0.271 e. The van der Waals surface area contributed by atoms with Crippen LogP contribution in [0.2, 0.25) is 0 Å². The summed E-state index contributed by atoms with van der Waals surface area (Å²) < 4.78 is 15.4. The monoisotopic (exact) mass is 393 g/mol. The maximum absolute atomic E-state index is 13.6. The van der Waals surface area contributed by atoms with Crippen LogP contribution in [0.4, 0.5) is 10.1 Å². The lowest BCUT2D eigenvalue weighted by Crippen LogP contribution is -2.27. The number of carbonyl (C=O) groups is 1. The number of rotatable bonds is 4. The Morgan fingerprint density at radius 2 is 2.00 bits per heavy atom.